The zero-order chi connectivity index (χ0) is 24.4. The van der Waals surface area contributed by atoms with Crippen molar-refractivity contribution in [1.29, 1.82) is 0 Å². The summed E-state index contributed by atoms with van der Waals surface area (Å²) in [6.45, 7) is 1.86. The standard InChI is InChI=1S/C21H29N5O7/c1-3-4-9-32-21(30)26(2)17(20(28)29)12-23-18(27)11-15-10-16(25-33-15)13-5-7-14(8-6-13)19(22)24-31/h5-8,15,17,31H,3-4,9-12H2,1-2H3,(H2,22,24)(H,23,27)(H,28,29)/t15?,17-/m1/s1. The molecule has 1 aliphatic heterocycles. The fraction of sp³-hybridized carbons (Fsp3) is 0.476. The van der Waals surface area contributed by atoms with E-state index in [2.05, 4.69) is 15.6 Å². The molecule has 180 valence electrons. The van der Waals surface area contributed by atoms with Gasteiger partial charge in [-0.3, -0.25) is 9.69 Å². The lowest BCUT2D eigenvalue weighted by atomic mass is 10.0. The third-order valence-electron chi connectivity index (χ3n) is 5.02. The van der Waals surface area contributed by atoms with Gasteiger partial charge in [-0.25, -0.2) is 9.59 Å². The molecule has 0 bridgehead atoms. The normalized spacial score (nSPS) is 16.4. The number of oxime groups is 2. The first-order valence-corrected chi connectivity index (χ1v) is 10.5. The Bertz CT molecular complexity index is 901. The van der Waals surface area contributed by atoms with Gasteiger partial charge in [0.25, 0.3) is 0 Å². The molecule has 0 aliphatic carbocycles. The Hall–Kier alpha value is -3.83. The molecule has 0 spiro atoms. The van der Waals surface area contributed by atoms with Gasteiger partial charge in [0.15, 0.2) is 5.84 Å². The second kappa shape index (κ2) is 12.3. The monoisotopic (exact) mass is 463 g/mol. The molecule has 5 N–H and O–H groups in total. The van der Waals surface area contributed by atoms with Crippen molar-refractivity contribution >= 4 is 29.5 Å². The lowest BCUT2D eigenvalue weighted by Gasteiger charge is -2.24. The molecule has 2 rings (SSSR count). The van der Waals surface area contributed by atoms with Gasteiger partial charge in [0.1, 0.15) is 12.1 Å². The van der Waals surface area contributed by atoms with Crippen LogP contribution in [-0.2, 0) is 19.2 Å². The predicted molar refractivity (Wildman–Crippen MR) is 118 cm³/mol. The smallest absolute Gasteiger partial charge is 0.410 e. The second-order valence-corrected chi connectivity index (χ2v) is 7.47. The van der Waals surface area contributed by atoms with Crippen LogP contribution >= 0.6 is 0 Å². The highest BCUT2D eigenvalue weighted by Gasteiger charge is 2.29. The maximum absolute atomic E-state index is 12.3. The fourth-order valence-corrected chi connectivity index (χ4v) is 3.01. The number of nitrogens with two attached hydrogens (primary N) is 1. The van der Waals surface area contributed by atoms with Crippen molar-refractivity contribution < 1.29 is 34.3 Å². The van der Waals surface area contributed by atoms with Crippen LogP contribution in [0.4, 0.5) is 4.79 Å². The molecule has 1 aliphatic rings. The maximum Gasteiger partial charge on any atom is 0.410 e. The number of unbranched alkanes of at least 4 members (excludes halogenated alkanes) is 1. The number of ether oxygens (including phenoxy) is 1. The Morgan fingerprint density at radius 1 is 1.36 bits per heavy atom. The molecule has 1 aromatic rings. The van der Waals surface area contributed by atoms with Crippen molar-refractivity contribution in [2.75, 3.05) is 20.2 Å². The van der Waals surface area contributed by atoms with E-state index in [1.165, 1.54) is 7.05 Å². The quantitative estimate of drug-likeness (QED) is 0.124. The van der Waals surface area contributed by atoms with Gasteiger partial charge in [0.2, 0.25) is 5.91 Å². The van der Waals surface area contributed by atoms with Crippen LogP contribution in [0.5, 0.6) is 0 Å². The molecule has 2 atom stereocenters. The first-order valence-electron chi connectivity index (χ1n) is 10.5. The summed E-state index contributed by atoms with van der Waals surface area (Å²) in [7, 11) is 1.31. The minimum Gasteiger partial charge on any atom is -0.480 e. The highest BCUT2D eigenvalue weighted by molar-refractivity contribution is 6.03. The summed E-state index contributed by atoms with van der Waals surface area (Å²) >= 11 is 0. The molecule has 0 fully saturated rings. The number of benzene rings is 1. The number of hydrogen-bond acceptors (Lipinski definition) is 8. The van der Waals surface area contributed by atoms with Gasteiger partial charge in [-0.15, -0.1) is 0 Å². The molecule has 12 heteroatoms. The zero-order valence-corrected chi connectivity index (χ0v) is 18.6. The van der Waals surface area contributed by atoms with Crippen LogP contribution in [0.2, 0.25) is 0 Å². The Morgan fingerprint density at radius 2 is 2.06 bits per heavy atom. The number of carbonyl (C=O) groups is 3. The van der Waals surface area contributed by atoms with Crippen LogP contribution in [0.3, 0.4) is 0 Å². The summed E-state index contributed by atoms with van der Waals surface area (Å²) in [4.78, 5) is 42.1. The van der Waals surface area contributed by atoms with Gasteiger partial charge < -0.3 is 30.9 Å². The Kier molecular flexibility index (Phi) is 9.45. The molecular weight excluding hydrogens is 434 g/mol. The Balaban J connectivity index is 1.83. The van der Waals surface area contributed by atoms with E-state index in [0.717, 1.165) is 16.9 Å². The number of carboxylic acids is 1. The van der Waals surface area contributed by atoms with E-state index in [4.69, 9.17) is 20.5 Å². The third-order valence-corrected chi connectivity index (χ3v) is 5.02. The average Bonchev–Trinajstić information content (AvgIpc) is 3.26. The van der Waals surface area contributed by atoms with Gasteiger partial charge in [-0.05, 0) is 12.0 Å². The van der Waals surface area contributed by atoms with Gasteiger partial charge in [-0.2, -0.15) is 0 Å². The van der Waals surface area contributed by atoms with E-state index < -0.39 is 30.1 Å². The van der Waals surface area contributed by atoms with Crippen LogP contribution in [0.15, 0.2) is 34.6 Å². The highest BCUT2D eigenvalue weighted by Crippen LogP contribution is 2.19. The number of amidine groups is 1. The second-order valence-electron chi connectivity index (χ2n) is 7.47. The van der Waals surface area contributed by atoms with Crippen LogP contribution in [0.1, 0.15) is 43.7 Å². The predicted octanol–water partition coefficient (Wildman–Crippen LogP) is 1.10. The van der Waals surface area contributed by atoms with Crippen molar-refractivity contribution in [1.82, 2.24) is 10.2 Å². The molecule has 1 aromatic carbocycles. The minimum atomic E-state index is -1.27. The van der Waals surface area contributed by atoms with Crippen molar-refractivity contribution in [3.8, 4) is 0 Å². The van der Waals surface area contributed by atoms with Gasteiger partial charge in [0.05, 0.1) is 18.7 Å². The number of nitrogens with one attached hydrogen (secondary N) is 1. The topological polar surface area (TPSA) is 176 Å². The Morgan fingerprint density at radius 3 is 2.67 bits per heavy atom. The zero-order valence-electron chi connectivity index (χ0n) is 18.6. The molecule has 12 nitrogen and oxygen atoms in total. The molecule has 33 heavy (non-hydrogen) atoms. The number of carboxylic acid groups (broad SMARTS) is 1. The molecule has 2 amide bonds. The van der Waals surface area contributed by atoms with Crippen LogP contribution in [0, 0.1) is 0 Å². The van der Waals surface area contributed by atoms with Crippen LogP contribution in [0.25, 0.3) is 0 Å². The summed E-state index contributed by atoms with van der Waals surface area (Å²) in [6.07, 6.45) is 0.579. The third kappa shape index (κ3) is 7.37. The number of hydrogen-bond donors (Lipinski definition) is 4. The summed E-state index contributed by atoms with van der Waals surface area (Å²) in [5.74, 6) is -1.71. The maximum atomic E-state index is 12.3. The number of aliphatic carboxylic acids is 1. The molecule has 0 saturated carbocycles. The Labute approximate surface area is 191 Å². The average molecular weight is 463 g/mol. The fourth-order valence-electron chi connectivity index (χ4n) is 3.01. The number of rotatable bonds is 11. The number of nitrogens with zero attached hydrogens (tertiary/aromatic N) is 3. The first kappa shape index (κ1) is 25.4. The summed E-state index contributed by atoms with van der Waals surface area (Å²) in [5, 5.41) is 27.6. The van der Waals surface area contributed by atoms with E-state index in [0.29, 0.717) is 24.1 Å². The largest absolute Gasteiger partial charge is 0.480 e. The SMILES string of the molecule is CCCCOC(=O)N(C)[C@H](CNC(=O)CC1CC(c2ccc(C(N)=NO)cc2)=NO1)C(=O)O. The first-order chi connectivity index (χ1) is 15.8. The number of amides is 2. The van der Waals surface area contributed by atoms with E-state index in [1.54, 1.807) is 24.3 Å². The number of carbonyl (C=O) groups excluding carboxylic acids is 2. The van der Waals surface area contributed by atoms with Crippen molar-refractivity contribution in [2.45, 2.75) is 44.8 Å². The van der Waals surface area contributed by atoms with E-state index >= 15 is 0 Å². The van der Waals surface area contributed by atoms with Gasteiger partial charge in [-0.1, -0.05) is 47.9 Å². The van der Waals surface area contributed by atoms with Crippen molar-refractivity contribution in [3.05, 3.63) is 35.4 Å². The van der Waals surface area contributed by atoms with Crippen LogP contribution < -0.4 is 11.1 Å². The van der Waals surface area contributed by atoms with Crippen LogP contribution in [-0.4, -0.2) is 77.1 Å². The lowest BCUT2D eigenvalue weighted by Crippen LogP contribution is -2.49. The lowest BCUT2D eigenvalue weighted by molar-refractivity contribution is -0.142. The van der Waals surface area contributed by atoms with Crippen molar-refractivity contribution in [3.63, 3.8) is 0 Å². The molecule has 0 aromatic heterocycles. The molecule has 0 radical (unpaired) electrons. The summed E-state index contributed by atoms with van der Waals surface area (Å²) < 4.78 is 5.02. The molecular formula is C21H29N5O7. The molecule has 0 saturated heterocycles. The summed E-state index contributed by atoms with van der Waals surface area (Å²) in [6, 6.07) is 5.55. The molecule has 1 heterocycles. The molecule has 1 unspecified atom stereocenters. The van der Waals surface area contributed by atoms with E-state index in [-0.39, 0.29) is 25.4 Å². The number of likely N-dealkylation sites (N-methyl/N-ethyl adjacent to an activating group) is 1. The van der Waals surface area contributed by atoms with Gasteiger partial charge in [0, 0.05) is 25.6 Å². The highest BCUT2D eigenvalue weighted by atomic mass is 16.6. The van der Waals surface area contributed by atoms with E-state index in [9.17, 15) is 19.5 Å². The van der Waals surface area contributed by atoms with E-state index in [1.807, 2.05) is 6.92 Å². The summed E-state index contributed by atoms with van der Waals surface area (Å²) in [5.41, 5.74) is 7.49. The van der Waals surface area contributed by atoms with Crippen molar-refractivity contribution in [2.24, 2.45) is 16.0 Å². The minimum absolute atomic E-state index is 0.0137. The van der Waals surface area contributed by atoms with Gasteiger partial charge >= 0.3 is 12.1 Å².